The van der Waals surface area contributed by atoms with Crippen molar-refractivity contribution in [1.82, 2.24) is 4.98 Å². The Bertz CT molecular complexity index is 496. The van der Waals surface area contributed by atoms with Crippen molar-refractivity contribution in [1.29, 1.82) is 0 Å². The van der Waals surface area contributed by atoms with Gasteiger partial charge < -0.3 is 10.5 Å². The van der Waals surface area contributed by atoms with E-state index in [1.54, 1.807) is 11.3 Å². The van der Waals surface area contributed by atoms with Crippen LogP contribution in [0.5, 0.6) is 5.88 Å². The van der Waals surface area contributed by atoms with Gasteiger partial charge in [0.1, 0.15) is 6.10 Å². The first-order valence-corrected chi connectivity index (χ1v) is 6.45. The number of rotatable bonds is 2. The predicted molar refractivity (Wildman–Crippen MR) is 65.9 cm³/mol. The van der Waals surface area contributed by atoms with Crippen molar-refractivity contribution in [2.45, 2.75) is 31.4 Å². The highest BCUT2D eigenvalue weighted by atomic mass is 32.1. The molecule has 1 aliphatic carbocycles. The zero-order valence-electron chi connectivity index (χ0n) is 8.93. The van der Waals surface area contributed by atoms with Crippen LogP contribution >= 0.6 is 11.3 Å². The number of thiophene rings is 1. The molecule has 2 N–H and O–H groups in total. The Hall–Kier alpha value is -1.13. The molecule has 2 unspecified atom stereocenters. The Morgan fingerprint density at radius 3 is 3.12 bits per heavy atom. The molecule has 16 heavy (non-hydrogen) atoms. The molecule has 2 atom stereocenters. The van der Waals surface area contributed by atoms with Gasteiger partial charge in [-0.1, -0.05) is 0 Å². The minimum atomic E-state index is 0.244. The minimum Gasteiger partial charge on any atom is -0.474 e. The molecule has 0 aromatic carbocycles. The molecule has 1 fully saturated rings. The average molecular weight is 234 g/mol. The molecule has 84 valence electrons. The quantitative estimate of drug-likeness (QED) is 0.868. The fourth-order valence-corrected chi connectivity index (χ4v) is 2.97. The summed E-state index contributed by atoms with van der Waals surface area (Å²) in [5.74, 6) is 0.762. The third-order valence-electron chi connectivity index (χ3n) is 3.05. The molecule has 0 radical (unpaired) electrons. The SMILES string of the molecule is NC1CCC(Oc2nccc3sccc23)C1. The van der Waals surface area contributed by atoms with Crippen LogP contribution < -0.4 is 10.5 Å². The predicted octanol–water partition coefficient (Wildman–Crippen LogP) is 2.55. The van der Waals surface area contributed by atoms with Crippen LogP contribution in [0.1, 0.15) is 19.3 Å². The van der Waals surface area contributed by atoms with E-state index in [1.165, 1.54) is 4.70 Å². The summed E-state index contributed by atoms with van der Waals surface area (Å²) in [5.41, 5.74) is 5.87. The smallest absolute Gasteiger partial charge is 0.222 e. The zero-order chi connectivity index (χ0) is 11.0. The molecule has 0 bridgehead atoms. The lowest BCUT2D eigenvalue weighted by molar-refractivity contribution is 0.203. The summed E-state index contributed by atoms with van der Waals surface area (Å²) in [7, 11) is 0. The van der Waals surface area contributed by atoms with E-state index in [2.05, 4.69) is 16.4 Å². The highest BCUT2D eigenvalue weighted by molar-refractivity contribution is 7.17. The van der Waals surface area contributed by atoms with Crippen molar-refractivity contribution < 1.29 is 4.74 Å². The van der Waals surface area contributed by atoms with E-state index in [9.17, 15) is 0 Å². The lowest BCUT2D eigenvalue weighted by atomic mass is 10.3. The van der Waals surface area contributed by atoms with Gasteiger partial charge in [-0.25, -0.2) is 4.98 Å². The van der Waals surface area contributed by atoms with Crippen molar-refractivity contribution in [2.75, 3.05) is 0 Å². The maximum Gasteiger partial charge on any atom is 0.222 e. The molecule has 3 nitrogen and oxygen atoms in total. The molecule has 0 saturated heterocycles. The Balaban J connectivity index is 1.86. The molecule has 0 amide bonds. The normalized spacial score (nSPS) is 25.1. The number of ether oxygens (including phenoxy) is 1. The van der Waals surface area contributed by atoms with E-state index < -0.39 is 0 Å². The fraction of sp³-hybridized carbons (Fsp3) is 0.417. The highest BCUT2D eigenvalue weighted by Gasteiger charge is 2.24. The third-order valence-corrected chi connectivity index (χ3v) is 3.93. The first kappa shape index (κ1) is 10.1. The third kappa shape index (κ3) is 1.79. The molecule has 0 spiro atoms. The van der Waals surface area contributed by atoms with E-state index in [1.807, 2.05) is 12.3 Å². The molecule has 3 rings (SSSR count). The number of hydrogen-bond donors (Lipinski definition) is 1. The number of hydrogen-bond acceptors (Lipinski definition) is 4. The number of fused-ring (bicyclic) bond motifs is 1. The van der Waals surface area contributed by atoms with Gasteiger partial charge in [-0.15, -0.1) is 11.3 Å². The van der Waals surface area contributed by atoms with Crippen molar-refractivity contribution in [2.24, 2.45) is 5.73 Å². The van der Waals surface area contributed by atoms with E-state index in [0.717, 1.165) is 30.5 Å². The standard InChI is InChI=1S/C12H14N2OS/c13-8-1-2-9(7-8)15-12-10-4-6-16-11(10)3-5-14-12/h3-6,8-9H,1-2,7,13H2. The monoisotopic (exact) mass is 234 g/mol. The molecule has 4 heteroatoms. The molecule has 2 aromatic rings. The van der Waals surface area contributed by atoms with E-state index in [0.29, 0.717) is 6.04 Å². The van der Waals surface area contributed by atoms with Crippen LogP contribution in [0.15, 0.2) is 23.7 Å². The second-order valence-electron chi connectivity index (χ2n) is 4.26. The van der Waals surface area contributed by atoms with Crippen LogP contribution in [0.3, 0.4) is 0 Å². The van der Waals surface area contributed by atoms with Crippen LogP contribution in [0.2, 0.25) is 0 Å². The summed E-state index contributed by atoms with van der Waals surface area (Å²) in [6.45, 7) is 0. The number of nitrogens with zero attached hydrogens (tertiary/aromatic N) is 1. The van der Waals surface area contributed by atoms with Crippen LogP contribution in [0.25, 0.3) is 10.1 Å². The van der Waals surface area contributed by atoms with Gasteiger partial charge in [-0.2, -0.15) is 0 Å². The second kappa shape index (κ2) is 4.03. The van der Waals surface area contributed by atoms with Crippen molar-refractivity contribution >= 4 is 21.4 Å². The summed E-state index contributed by atoms with van der Waals surface area (Å²) >= 11 is 1.72. The lowest BCUT2D eigenvalue weighted by Gasteiger charge is -2.12. The first-order valence-electron chi connectivity index (χ1n) is 5.57. The summed E-state index contributed by atoms with van der Waals surface area (Å²) in [6, 6.07) is 4.39. The fourth-order valence-electron chi connectivity index (χ4n) is 2.20. The van der Waals surface area contributed by atoms with Gasteiger partial charge in [-0.05, 0) is 36.8 Å². The summed E-state index contributed by atoms with van der Waals surface area (Å²) in [4.78, 5) is 4.31. The van der Waals surface area contributed by atoms with Crippen molar-refractivity contribution in [3.05, 3.63) is 23.7 Å². The average Bonchev–Trinajstić information content (AvgIpc) is 2.87. The Kier molecular flexibility index (Phi) is 2.53. The van der Waals surface area contributed by atoms with E-state index in [-0.39, 0.29) is 6.10 Å². The van der Waals surface area contributed by atoms with Gasteiger partial charge in [0.2, 0.25) is 5.88 Å². The van der Waals surface area contributed by atoms with Crippen LogP contribution in [0, 0.1) is 0 Å². The lowest BCUT2D eigenvalue weighted by Crippen LogP contribution is -2.19. The topological polar surface area (TPSA) is 48.1 Å². The van der Waals surface area contributed by atoms with Crippen molar-refractivity contribution in [3.63, 3.8) is 0 Å². The van der Waals surface area contributed by atoms with Gasteiger partial charge in [0.05, 0.1) is 5.39 Å². The number of pyridine rings is 1. The minimum absolute atomic E-state index is 0.244. The summed E-state index contributed by atoms with van der Waals surface area (Å²) in [5, 5.41) is 3.19. The van der Waals surface area contributed by atoms with Gasteiger partial charge in [0.25, 0.3) is 0 Å². The second-order valence-corrected chi connectivity index (χ2v) is 5.21. The van der Waals surface area contributed by atoms with E-state index in [4.69, 9.17) is 10.5 Å². The van der Waals surface area contributed by atoms with Crippen molar-refractivity contribution in [3.8, 4) is 5.88 Å². The Labute approximate surface area is 98.2 Å². The first-order chi connectivity index (χ1) is 7.83. The zero-order valence-corrected chi connectivity index (χ0v) is 9.74. The Morgan fingerprint density at radius 2 is 2.31 bits per heavy atom. The molecule has 1 saturated carbocycles. The molecule has 2 aromatic heterocycles. The largest absolute Gasteiger partial charge is 0.474 e. The highest BCUT2D eigenvalue weighted by Crippen LogP contribution is 2.30. The van der Waals surface area contributed by atoms with Gasteiger partial charge >= 0.3 is 0 Å². The molecule has 0 aliphatic heterocycles. The Morgan fingerprint density at radius 1 is 1.38 bits per heavy atom. The maximum absolute atomic E-state index is 5.93. The van der Waals surface area contributed by atoms with Crippen LogP contribution in [0.4, 0.5) is 0 Å². The molecular weight excluding hydrogens is 220 g/mol. The molecule has 1 aliphatic rings. The summed E-state index contributed by atoms with van der Waals surface area (Å²) in [6.07, 6.45) is 5.10. The van der Waals surface area contributed by atoms with Crippen LogP contribution in [-0.2, 0) is 0 Å². The molecular formula is C12H14N2OS. The van der Waals surface area contributed by atoms with Crippen LogP contribution in [-0.4, -0.2) is 17.1 Å². The maximum atomic E-state index is 5.93. The van der Waals surface area contributed by atoms with Gasteiger partial charge in [0, 0.05) is 16.9 Å². The molecule has 2 heterocycles. The summed E-state index contributed by atoms with van der Waals surface area (Å²) < 4.78 is 7.16. The van der Waals surface area contributed by atoms with Gasteiger partial charge in [0.15, 0.2) is 0 Å². The number of aromatic nitrogens is 1. The van der Waals surface area contributed by atoms with Gasteiger partial charge in [-0.3, -0.25) is 0 Å². The number of nitrogens with two attached hydrogens (primary N) is 1. The van der Waals surface area contributed by atoms with E-state index >= 15 is 0 Å².